The zero-order valence-corrected chi connectivity index (χ0v) is 11.0. The highest BCUT2D eigenvalue weighted by Gasteiger charge is 2.17. The molecule has 4 nitrogen and oxygen atoms in total. The number of H-pyrrole nitrogens is 1. The van der Waals surface area contributed by atoms with E-state index in [0.29, 0.717) is 12.2 Å². The van der Waals surface area contributed by atoms with Gasteiger partial charge in [0.1, 0.15) is 5.69 Å². The smallest absolute Gasteiger partial charge is 0.267 e. The fourth-order valence-electron chi connectivity index (χ4n) is 2.54. The van der Waals surface area contributed by atoms with Crippen LogP contribution in [-0.4, -0.2) is 30.1 Å². The van der Waals surface area contributed by atoms with Gasteiger partial charge in [-0.05, 0) is 37.5 Å². The largest absolute Gasteiger partial charge is 0.376 e. The fourth-order valence-corrected chi connectivity index (χ4v) is 2.54. The van der Waals surface area contributed by atoms with Gasteiger partial charge in [-0.15, -0.1) is 0 Å². The standard InChI is InChI=1S/C15H18N2O2/c1-10-4-2-6-13-12(10)8-14(17-13)15(18)16-9-11-5-3-7-19-11/h2,4,6,8,11,17H,3,5,7,9H2,1H3,(H,16,18). The van der Waals surface area contributed by atoms with Crippen molar-refractivity contribution >= 4 is 16.8 Å². The monoisotopic (exact) mass is 258 g/mol. The SMILES string of the molecule is Cc1cccc2[nH]c(C(=O)NCC3CCCO3)cc12. The highest BCUT2D eigenvalue weighted by Crippen LogP contribution is 2.19. The second-order valence-electron chi connectivity index (χ2n) is 5.06. The molecule has 0 radical (unpaired) electrons. The Morgan fingerprint density at radius 2 is 2.42 bits per heavy atom. The van der Waals surface area contributed by atoms with Gasteiger partial charge in [0.05, 0.1) is 6.10 Å². The van der Waals surface area contributed by atoms with Gasteiger partial charge in [0.25, 0.3) is 5.91 Å². The maximum absolute atomic E-state index is 12.1. The number of aromatic nitrogens is 1. The lowest BCUT2D eigenvalue weighted by Crippen LogP contribution is -2.31. The first-order valence-electron chi connectivity index (χ1n) is 6.72. The quantitative estimate of drug-likeness (QED) is 0.888. The molecule has 0 aliphatic carbocycles. The molecule has 1 aromatic heterocycles. The van der Waals surface area contributed by atoms with E-state index in [0.717, 1.165) is 30.4 Å². The van der Waals surface area contributed by atoms with Crippen LogP contribution in [0, 0.1) is 6.92 Å². The molecule has 1 atom stereocenters. The van der Waals surface area contributed by atoms with Gasteiger partial charge in [-0.1, -0.05) is 12.1 Å². The first kappa shape index (κ1) is 12.2. The third-order valence-electron chi connectivity index (χ3n) is 3.64. The maximum Gasteiger partial charge on any atom is 0.267 e. The number of fused-ring (bicyclic) bond motifs is 1. The Hall–Kier alpha value is -1.81. The molecule has 19 heavy (non-hydrogen) atoms. The van der Waals surface area contributed by atoms with Crippen molar-refractivity contribution in [2.75, 3.05) is 13.2 Å². The summed E-state index contributed by atoms with van der Waals surface area (Å²) in [5, 5.41) is 4.03. The van der Waals surface area contributed by atoms with E-state index in [9.17, 15) is 4.79 Å². The lowest BCUT2D eigenvalue weighted by Gasteiger charge is -2.09. The number of carbonyl (C=O) groups excluding carboxylic acids is 1. The van der Waals surface area contributed by atoms with E-state index >= 15 is 0 Å². The molecule has 4 heteroatoms. The van der Waals surface area contributed by atoms with Gasteiger partial charge >= 0.3 is 0 Å². The van der Waals surface area contributed by atoms with Gasteiger partial charge in [-0.25, -0.2) is 0 Å². The van der Waals surface area contributed by atoms with Crippen molar-refractivity contribution < 1.29 is 9.53 Å². The molecule has 1 aliphatic heterocycles. The fraction of sp³-hybridized carbons (Fsp3) is 0.400. The third kappa shape index (κ3) is 2.49. The number of benzene rings is 1. The molecule has 1 saturated heterocycles. The second-order valence-corrected chi connectivity index (χ2v) is 5.06. The van der Waals surface area contributed by atoms with Crippen molar-refractivity contribution in [1.82, 2.24) is 10.3 Å². The van der Waals surface area contributed by atoms with Crippen LogP contribution in [0.15, 0.2) is 24.3 Å². The molecule has 0 saturated carbocycles. The number of aryl methyl sites for hydroxylation is 1. The third-order valence-corrected chi connectivity index (χ3v) is 3.64. The van der Waals surface area contributed by atoms with Gasteiger partial charge in [0.15, 0.2) is 0 Å². The molecule has 1 unspecified atom stereocenters. The molecule has 2 N–H and O–H groups in total. The summed E-state index contributed by atoms with van der Waals surface area (Å²) < 4.78 is 5.49. The average Bonchev–Trinajstić information content (AvgIpc) is 3.05. The zero-order valence-electron chi connectivity index (χ0n) is 11.0. The summed E-state index contributed by atoms with van der Waals surface area (Å²) in [5.41, 5.74) is 2.79. The van der Waals surface area contributed by atoms with Crippen LogP contribution in [0.4, 0.5) is 0 Å². The number of nitrogens with one attached hydrogen (secondary N) is 2. The number of aromatic amines is 1. The normalized spacial score (nSPS) is 18.9. The second kappa shape index (κ2) is 5.05. The molecule has 2 heterocycles. The van der Waals surface area contributed by atoms with E-state index in [1.807, 2.05) is 31.2 Å². The van der Waals surface area contributed by atoms with Crippen LogP contribution in [0.2, 0.25) is 0 Å². The zero-order chi connectivity index (χ0) is 13.2. The van der Waals surface area contributed by atoms with Crippen molar-refractivity contribution in [2.45, 2.75) is 25.9 Å². The summed E-state index contributed by atoms with van der Waals surface area (Å²) in [6, 6.07) is 7.93. The predicted octanol–water partition coefficient (Wildman–Crippen LogP) is 2.39. The highest BCUT2D eigenvalue weighted by atomic mass is 16.5. The Bertz CT molecular complexity index is 597. The number of hydrogen-bond donors (Lipinski definition) is 2. The highest BCUT2D eigenvalue weighted by molar-refractivity contribution is 5.98. The number of rotatable bonds is 3. The van der Waals surface area contributed by atoms with Crippen molar-refractivity contribution in [1.29, 1.82) is 0 Å². The van der Waals surface area contributed by atoms with Crippen LogP contribution in [0.5, 0.6) is 0 Å². The van der Waals surface area contributed by atoms with Crippen LogP contribution >= 0.6 is 0 Å². The van der Waals surface area contributed by atoms with E-state index in [2.05, 4.69) is 10.3 Å². The van der Waals surface area contributed by atoms with Crippen LogP contribution in [-0.2, 0) is 4.74 Å². The lowest BCUT2D eigenvalue weighted by atomic mass is 10.1. The first-order chi connectivity index (χ1) is 9.24. The van der Waals surface area contributed by atoms with Crippen molar-refractivity contribution in [3.63, 3.8) is 0 Å². The van der Waals surface area contributed by atoms with Gasteiger partial charge in [0, 0.05) is 24.1 Å². The Labute approximate surface area is 112 Å². The summed E-state index contributed by atoms with van der Waals surface area (Å²) >= 11 is 0. The molecule has 1 aromatic carbocycles. The van der Waals surface area contributed by atoms with Crippen LogP contribution < -0.4 is 5.32 Å². The number of hydrogen-bond acceptors (Lipinski definition) is 2. The summed E-state index contributed by atoms with van der Waals surface area (Å²) in [6.45, 7) is 3.45. The van der Waals surface area contributed by atoms with E-state index in [4.69, 9.17) is 4.74 Å². The summed E-state index contributed by atoms with van der Waals surface area (Å²) in [5.74, 6) is -0.0638. The average molecular weight is 258 g/mol. The topological polar surface area (TPSA) is 54.1 Å². The molecule has 1 aliphatic rings. The van der Waals surface area contributed by atoms with Gasteiger partial charge < -0.3 is 15.0 Å². The van der Waals surface area contributed by atoms with Crippen LogP contribution in [0.3, 0.4) is 0 Å². The van der Waals surface area contributed by atoms with Crippen molar-refractivity contribution in [3.8, 4) is 0 Å². The summed E-state index contributed by atoms with van der Waals surface area (Å²) in [4.78, 5) is 15.2. The number of ether oxygens (including phenoxy) is 1. The number of carbonyl (C=O) groups is 1. The van der Waals surface area contributed by atoms with Gasteiger partial charge in [0.2, 0.25) is 0 Å². The van der Waals surface area contributed by atoms with Crippen LogP contribution in [0.25, 0.3) is 10.9 Å². The Morgan fingerprint density at radius 1 is 1.53 bits per heavy atom. The molecule has 2 aromatic rings. The molecular formula is C15H18N2O2. The minimum atomic E-state index is -0.0638. The molecule has 100 valence electrons. The Balaban J connectivity index is 1.72. The lowest BCUT2D eigenvalue weighted by molar-refractivity contribution is 0.0854. The minimum absolute atomic E-state index is 0.0638. The Morgan fingerprint density at radius 3 is 3.16 bits per heavy atom. The minimum Gasteiger partial charge on any atom is -0.376 e. The van der Waals surface area contributed by atoms with Gasteiger partial charge in [-0.2, -0.15) is 0 Å². The molecule has 1 amide bonds. The molecular weight excluding hydrogens is 240 g/mol. The van der Waals surface area contributed by atoms with E-state index in [-0.39, 0.29) is 12.0 Å². The van der Waals surface area contributed by atoms with Gasteiger partial charge in [-0.3, -0.25) is 4.79 Å². The Kier molecular flexibility index (Phi) is 3.25. The van der Waals surface area contributed by atoms with Crippen molar-refractivity contribution in [3.05, 3.63) is 35.5 Å². The number of amides is 1. The van der Waals surface area contributed by atoms with E-state index in [1.54, 1.807) is 0 Å². The molecule has 0 bridgehead atoms. The van der Waals surface area contributed by atoms with E-state index in [1.165, 1.54) is 5.56 Å². The first-order valence-corrected chi connectivity index (χ1v) is 6.72. The van der Waals surface area contributed by atoms with Crippen molar-refractivity contribution in [2.24, 2.45) is 0 Å². The van der Waals surface area contributed by atoms with Crippen LogP contribution in [0.1, 0.15) is 28.9 Å². The molecule has 0 spiro atoms. The molecule has 1 fully saturated rings. The summed E-state index contributed by atoms with van der Waals surface area (Å²) in [7, 11) is 0. The van der Waals surface area contributed by atoms with E-state index < -0.39 is 0 Å². The predicted molar refractivity (Wildman–Crippen MR) is 74.3 cm³/mol. The molecule has 3 rings (SSSR count). The maximum atomic E-state index is 12.1. The summed E-state index contributed by atoms with van der Waals surface area (Å²) in [6.07, 6.45) is 2.30.